The minimum atomic E-state index is -4.52. The van der Waals surface area contributed by atoms with E-state index in [0.29, 0.717) is 11.0 Å². The van der Waals surface area contributed by atoms with E-state index in [4.69, 9.17) is 4.52 Å². The Morgan fingerprint density at radius 3 is 2.22 bits per heavy atom. The standard InChI is InChI=1S/C27H36N5O12P/c1-14-10-16-17(11-15(14)2)32(20-19(29-16)21(34)31-24(37)30-20)12-18(33)28-8-9-42-45(40,41)13-26(6,7)23(36)44-27(38,39)43-22(35)25(3,4)5/h10-11,38-39H,8-9,12-13H2,1-7H3,(H,28,33)(H,40,41)(H,31,34,37). The summed E-state index contributed by atoms with van der Waals surface area (Å²) < 4.78 is 27.9. The van der Waals surface area contributed by atoms with E-state index in [1.54, 1.807) is 12.1 Å². The number of hydrogen-bond acceptors (Lipinski definition) is 13. The molecule has 2 heterocycles. The molecule has 5 N–H and O–H groups in total. The van der Waals surface area contributed by atoms with Gasteiger partial charge in [0.15, 0.2) is 11.5 Å². The van der Waals surface area contributed by atoms with Gasteiger partial charge >= 0.3 is 31.4 Å². The van der Waals surface area contributed by atoms with Crippen LogP contribution in [0.1, 0.15) is 45.7 Å². The first-order chi connectivity index (χ1) is 20.5. The predicted molar refractivity (Wildman–Crippen MR) is 157 cm³/mol. The molecule has 18 heteroatoms. The fraction of sp³-hybridized carbons (Fsp3) is 0.519. The van der Waals surface area contributed by atoms with Crippen LogP contribution in [0.4, 0.5) is 0 Å². The molecule has 0 fully saturated rings. The Labute approximate surface area is 256 Å². The molecule has 0 spiro atoms. The highest BCUT2D eigenvalue weighted by molar-refractivity contribution is 7.52. The van der Waals surface area contributed by atoms with E-state index in [-0.39, 0.29) is 18.1 Å². The Bertz CT molecular complexity index is 1770. The van der Waals surface area contributed by atoms with Crippen LogP contribution in [0.3, 0.4) is 0 Å². The van der Waals surface area contributed by atoms with Crippen molar-refractivity contribution in [3.05, 3.63) is 44.1 Å². The number of amides is 1. The Hall–Kier alpha value is -4.02. The molecule has 45 heavy (non-hydrogen) atoms. The van der Waals surface area contributed by atoms with Crippen LogP contribution in [0.25, 0.3) is 22.6 Å². The summed E-state index contributed by atoms with van der Waals surface area (Å²) in [6, 6.07) is 3.47. The molecule has 1 amide bonds. The first-order valence-corrected chi connectivity index (χ1v) is 15.3. The molecule has 1 aromatic rings. The summed E-state index contributed by atoms with van der Waals surface area (Å²) in [7, 11) is -4.52. The van der Waals surface area contributed by atoms with Gasteiger partial charge in [0.05, 0.1) is 34.6 Å². The van der Waals surface area contributed by atoms with Crippen LogP contribution in [0.2, 0.25) is 0 Å². The van der Waals surface area contributed by atoms with Gasteiger partial charge in [0.2, 0.25) is 5.91 Å². The van der Waals surface area contributed by atoms with Crippen LogP contribution >= 0.6 is 7.60 Å². The molecule has 1 unspecified atom stereocenters. The SMILES string of the molecule is Cc1cc2nc3c(=O)[nH]c(=O)nc-3n(CC(=O)NCCOP(=O)(O)CC(C)(C)C(=O)OC(O)(O)OC(=O)C(C)(C)C)c2cc1C. The first kappa shape index (κ1) is 35.5. The second-order valence-electron chi connectivity index (χ2n) is 12.1. The number of benzene rings is 1. The zero-order valence-electron chi connectivity index (χ0n) is 25.8. The van der Waals surface area contributed by atoms with Crippen molar-refractivity contribution in [1.82, 2.24) is 24.8 Å². The zero-order valence-corrected chi connectivity index (χ0v) is 26.7. The number of aliphatic hydroxyl groups is 2. The lowest BCUT2D eigenvalue weighted by Gasteiger charge is -2.29. The summed E-state index contributed by atoms with van der Waals surface area (Å²) in [4.78, 5) is 82.1. The average molecular weight is 654 g/mol. The van der Waals surface area contributed by atoms with E-state index < -0.39 is 73.0 Å². The quantitative estimate of drug-likeness (QED) is 0.0613. The van der Waals surface area contributed by atoms with E-state index in [0.717, 1.165) is 11.1 Å². The maximum absolute atomic E-state index is 12.9. The molecule has 0 saturated carbocycles. The number of hydrogen-bond donors (Lipinski definition) is 5. The summed E-state index contributed by atoms with van der Waals surface area (Å²) in [5.74, 6) is -3.20. The van der Waals surface area contributed by atoms with Crippen molar-refractivity contribution < 1.29 is 48.1 Å². The number of nitrogens with one attached hydrogen (secondary N) is 2. The fourth-order valence-corrected chi connectivity index (χ4v) is 5.55. The molecule has 2 aliphatic rings. The number of aromatic nitrogens is 4. The van der Waals surface area contributed by atoms with Gasteiger partial charge in [-0.3, -0.25) is 38.9 Å². The van der Waals surface area contributed by atoms with Gasteiger partial charge in [-0.25, -0.2) is 9.78 Å². The normalized spacial score (nSPS) is 13.8. The first-order valence-electron chi connectivity index (χ1n) is 13.6. The summed E-state index contributed by atoms with van der Waals surface area (Å²) in [5, 5.41) is 22.1. The van der Waals surface area contributed by atoms with Gasteiger partial charge in [-0.2, -0.15) is 4.98 Å². The third-order valence-corrected chi connectivity index (χ3v) is 8.23. The molecule has 3 rings (SSSR count). The number of esters is 2. The summed E-state index contributed by atoms with van der Waals surface area (Å²) in [5.41, 5.74) is -2.24. The van der Waals surface area contributed by atoms with E-state index in [9.17, 15) is 43.6 Å². The highest BCUT2D eigenvalue weighted by Gasteiger charge is 2.45. The van der Waals surface area contributed by atoms with Crippen molar-refractivity contribution in [2.24, 2.45) is 10.8 Å². The largest absolute Gasteiger partial charge is 0.509 e. The molecule has 1 aromatic carbocycles. The van der Waals surface area contributed by atoms with Crippen molar-refractivity contribution in [3.63, 3.8) is 0 Å². The maximum atomic E-state index is 12.9. The number of aromatic amines is 1. The second-order valence-corrected chi connectivity index (χ2v) is 14.0. The molecular formula is C27H36N5O12P. The Morgan fingerprint density at radius 1 is 1.00 bits per heavy atom. The van der Waals surface area contributed by atoms with E-state index in [2.05, 4.69) is 24.8 Å². The predicted octanol–water partition coefficient (Wildman–Crippen LogP) is 0.274. The van der Waals surface area contributed by atoms with Crippen molar-refractivity contribution in [3.8, 4) is 11.5 Å². The number of aryl methyl sites for hydroxylation is 2. The van der Waals surface area contributed by atoms with Crippen LogP contribution in [0, 0.1) is 24.7 Å². The third-order valence-electron chi connectivity index (χ3n) is 6.45. The van der Waals surface area contributed by atoms with Crippen LogP contribution in [0.15, 0.2) is 21.7 Å². The molecule has 0 radical (unpaired) electrons. The highest BCUT2D eigenvalue weighted by Crippen LogP contribution is 2.47. The number of fused-ring (bicyclic) bond motifs is 2. The fourth-order valence-electron chi connectivity index (χ4n) is 3.95. The topological polar surface area (TPSA) is 249 Å². The van der Waals surface area contributed by atoms with Gasteiger partial charge in [-0.1, -0.05) is 0 Å². The summed E-state index contributed by atoms with van der Waals surface area (Å²) >= 11 is 0. The molecule has 0 bridgehead atoms. The monoisotopic (exact) mass is 653 g/mol. The van der Waals surface area contributed by atoms with Crippen molar-refractivity contribution in [2.75, 3.05) is 19.3 Å². The lowest BCUT2D eigenvalue weighted by molar-refractivity contribution is -0.437. The number of H-pyrrole nitrogens is 1. The third kappa shape index (κ3) is 9.02. The van der Waals surface area contributed by atoms with E-state index in [1.165, 1.54) is 39.2 Å². The molecule has 2 aliphatic heterocycles. The van der Waals surface area contributed by atoms with E-state index >= 15 is 0 Å². The highest BCUT2D eigenvalue weighted by atomic mass is 31.2. The number of nitrogens with zero attached hydrogens (tertiary/aromatic N) is 3. The number of ether oxygens (including phenoxy) is 2. The van der Waals surface area contributed by atoms with Gasteiger partial charge in [-0.05, 0) is 71.7 Å². The molecule has 0 aliphatic carbocycles. The molecule has 17 nitrogen and oxygen atoms in total. The average Bonchev–Trinajstić information content (AvgIpc) is 2.86. The summed E-state index contributed by atoms with van der Waals surface area (Å²) in [6.45, 7) is 9.17. The van der Waals surface area contributed by atoms with Crippen LogP contribution in [-0.4, -0.2) is 77.9 Å². The van der Waals surface area contributed by atoms with Gasteiger partial charge in [0.1, 0.15) is 6.54 Å². The molecule has 246 valence electrons. The Balaban J connectivity index is 1.64. The zero-order chi connectivity index (χ0) is 34.1. The molecule has 0 aromatic heterocycles. The number of carbonyl (C=O) groups is 3. The minimum absolute atomic E-state index is 0.108. The lowest BCUT2D eigenvalue weighted by atomic mass is 9.97. The van der Waals surface area contributed by atoms with Crippen molar-refractivity contribution in [1.29, 1.82) is 0 Å². The van der Waals surface area contributed by atoms with E-state index in [1.807, 2.05) is 18.8 Å². The molecule has 0 saturated heterocycles. The number of rotatable bonds is 11. The summed E-state index contributed by atoms with van der Waals surface area (Å²) in [6.07, 6.45) is -4.46. The van der Waals surface area contributed by atoms with Crippen LogP contribution in [-0.2, 0) is 39.5 Å². The lowest BCUT2D eigenvalue weighted by Crippen LogP contribution is -2.46. The second kappa shape index (κ2) is 12.8. The maximum Gasteiger partial charge on any atom is 0.509 e. The van der Waals surface area contributed by atoms with Crippen LogP contribution < -0.4 is 16.6 Å². The van der Waals surface area contributed by atoms with Gasteiger partial charge in [0, 0.05) is 6.54 Å². The van der Waals surface area contributed by atoms with Crippen LogP contribution in [0.5, 0.6) is 0 Å². The number of carbonyl (C=O) groups excluding carboxylic acids is 3. The Kier molecular flexibility index (Phi) is 10.1. The van der Waals surface area contributed by atoms with Crippen molar-refractivity contribution >= 4 is 36.5 Å². The minimum Gasteiger partial charge on any atom is -0.373 e. The molecular weight excluding hydrogens is 617 g/mol. The van der Waals surface area contributed by atoms with Gasteiger partial charge in [0.25, 0.3) is 5.56 Å². The molecule has 1 atom stereocenters. The Morgan fingerprint density at radius 2 is 1.60 bits per heavy atom. The van der Waals surface area contributed by atoms with Gasteiger partial charge < -0.3 is 28.8 Å². The van der Waals surface area contributed by atoms with Gasteiger partial charge in [-0.15, -0.1) is 0 Å². The smallest absolute Gasteiger partial charge is 0.373 e. The van der Waals surface area contributed by atoms with Crippen molar-refractivity contribution in [2.45, 2.75) is 61.2 Å².